The van der Waals surface area contributed by atoms with Crippen LogP contribution in [0.3, 0.4) is 0 Å². The van der Waals surface area contributed by atoms with Crippen molar-refractivity contribution in [1.82, 2.24) is 5.32 Å². The standard InChI is InChI=1S/C16H21BrClN/c1-19-16(12-7-5-3-2-4-6-8-12)14-11-13(18)9-10-15(14)17/h7,9-11,16,19H,2-6,8H2,1H3/b12-7+. The van der Waals surface area contributed by atoms with Gasteiger partial charge in [-0.05, 0) is 56.5 Å². The highest BCUT2D eigenvalue weighted by Crippen LogP contribution is 2.34. The Bertz CT molecular complexity index is 456. The summed E-state index contributed by atoms with van der Waals surface area (Å²) in [7, 11) is 2.03. The van der Waals surface area contributed by atoms with E-state index in [0.717, 1.165) is 9.50 Å². The third-order valence-corrected chi connectivity index (χ3v) is 4.71. The van der Waals surface area contributed by atoms with Gasteiger partial charge in [0.25, 0.3) is 0 Å². The van der Waals surface area contributed by atoms with Crippen LogP contribution in [0, 0.1) is 0 Å². The lowest BCUT2D eigenvalue weighted by Crippen LogP contribution is -2.19. The summed E-state index contributed by atoms with van der Waals surface area (Å²) in [5.74, 6) is 0. The zero-order chi connectivity index (χ0) is 13.7. The summed E-state index contributed by atoms with van der Waals surface area (Å²) in [6, 6.07) is 6.29. The third-order valence-electron chi connectivity index (χ3n) is 3.75. The van der Waals surface area contributed by atoms with Gasteiger partial charge in [0.2, 0.25) is 0 Å². The Balaban J connectivity index is 2.29. The summed E-state index contributed by atoms with van der Waals surface area (Å²) in [5, 5.41) is 4.24. The number of halogens is 2. The van der Waals surface area contributed by atoms with Crippen molar-refractivity contribution in [2.45, 2.75) is 44.6 Å². The van der Waals surface area contributed by atoms with Crippen LogP contribution in [-0.4, -0.2) is 7.05 Å². The van der Waals surface area contributed by atoms with Crippen molar-refractivity contribution in [3.63, 3.8) is 0 Å². The molecule has 1 unspecified atom stereocenters. The summed E-state index contributed by atoms with van der Waals surface area (Å²) >= 11 is 9.79. The molecule has 2 rings (SSSR count). The van der Waals surface area contributed by atoms with Gasteiger partial charge < -0.3 is 5.32 Å². The number of hydrogen-bond acceptors (Lipinski definition) is 1. The molecule has 0 saturated heterocycles. The van der Waals surface area contributed by atoms with E-state index in [9.17, 15) is 0 Å². The van der Waals surface area contributed by atoms with Gasteiger partial charge in [-0.25, -0.2) is 0 Å². The van der Waals surface area contributed by atoms with Gasteiger partial charge in [0.1, 0.15) is 0 Å². The summed E-state index contributed by atoms with van der Waals surface area (Å²) in [4.78, 5) is 0. The van der Waals surface area contributed by atoms with E-state index in [1.54, 1.807) is 0 Å². The Morgan fingerprint density at radius 1 is 1.21 bits per heavy atom. The molecule has 0 radical (unpaired) electrons. The lowest BCUT2D eigenvalue weighted by atomic mass is 9.91. The maximum atomic E-state index is 6.15. The number of benzene rings is 1. The second-order valence-corrected chi connectivity index (χ2v) is 6.41. The molecule has 1 aliphatic rings. The SMILES string of the molecule is CNC(/C1=C/CCCCCC1)c1cc(Cl)ccc1Br. The van der Waals surface area contributed by atoms with E-state index in [0.29, 0.717) is 0 Å². The fourth-order valence-corrected chi connectivity index (χ4v) is 3.41. The van der Waals surface area contributed by atoms with Crippen molar-refractivity contribution < 1.29 is 0 Å². The molecule has 0 heterocycles. The first kappa shape index (κ1) is 15.1. The number of nitrogens with one attached hydrogen (secondary N) is 1. The van der Waals surface area contributed by atoms with Crippen LogP contribution in [0.5, 0.6) is 0 Å². The molecule has 1 N–H and O–H groups in total. The van der Waals surface area contributed by atoms with Gasteiger partial charge in [-0.15, -0.1) is 0 Å². The molecule has 0 aliphatic heterocycles. The van der Waals surface area contributed by atoms with Crippen molar-refractivity contribution in [3.8, 4) is 0 Å². The molecule has 1 aromatic carbocycles. The molecule has 1 aliphatic carbocycles. The molecule has 1 aromatic rings. The average molecular weight is 343 g/mol. The number of likely N-dealkylation sites (N-methyl/N-ethyl adjacent to an activating group) is 1. The van der Waals surface area contributed by atoms with Crippen molar-refractivity contribution in [2.24, 2.45) is 0 Å². The largest absolute Gasteiger partial charge is 0.310 e. The molecular weight excluding hydrogens is 322 g/mol. The molecule has 0 aromatic heterocycles. The lowest BCUT2D eigenvalue weighted by molar-refractivity contribution is 0.573. The minimum atomic E-state index is 0.270. The van der Waals surface area contributed by atoms with Crippen molar-refractivity contribution in [3.05, 3.63) is 44.9 Å². The molecule has 19 heavy (non-hydrogen) atoms. The Hall–Kier alpha value is -0.310. The van der Waals surface area contributed by atoms with E-state index in [2.05, 4.69) is 33.4 Å². The van der Waals surface area contributed by atoms with E-state index in [-0.39, 0.29) is 6.04 Å². The van der Waals surface area contributed by atoms with E-state index < -0.39 is 0 Å². The topological polar surface area (TPSA) is 12.0 Å². The van der Waals surface area contributed by atoms with Gasteiger partial charge in [0.15, 0.2) is 0 Å². The highest BCUT2D eigenvalue weighted by molar-refractivity contribution is 9.10. The summed E-state index contributed by atoms with van der Waals surface area (Å²) in [6.45, 7) is 0. The molecule has 0 saturated carbocycles. The van der Waals surface area contributed by atoms with Crippen LogP contribution in [0.15, 0.2) is 34.3 Å². The van der Waals surface area contributed by atoms with E-state index in [4.69, 9.17) is 11.6 Å². The van der Waals surface area contributed by atoms with Crippen LogP contribution < -0.4 is 5.32 Å². The monoisotopic (exact) mass is 341 g/mol. The van der Waals surface area contributed by atoms with Crippen LogP contribution in [0.25, 0.3) is 0 Å². The maximum absolute atomic E-state index is 6.15. The van der Waals surface area contributed by atoms with Crippen LogP contribution in [0.2, 0.25) is 5.02 Å². The minimum absolute atomic E-state index is 0.270. The first-order valence-electron chi connectivity index (χ1n) is 7.03. The zero-order valence-corrected chi connectivity index (χ0v) is 13.7. The average Bonchev–Trinajstić information content (AvgIpc) is 2.36. The highest BCUT2D eigenvalue weighted by Gasteiger charge is 2.18. The summed E-state index contributed by atoms with van der Waals surface area (Å²) in [5.41, 5.74) is 2.74. The predicted molar refractivity (Wildman–Crippen MR) is 86.7 cm³/mol. The maximum Gasteiger partial charge on any atom is 0.0545 e. The van der Waals surface area contributed by atoms with Crippen molar-refractivity contribution >= 4 is 27.5 Å². The van der Waals surface area contributed by atoms with Crippen LogP contribution in [0.4, 0.5) is 0 Å². The van der Waals surface area contributed by atoms with Crippen LogP contribution >= 0.6 is 27.5 Å². The Morgan fingerprint density at radius 2 is 2.00 bits per heavy atom. The normalized spacial score (nSPS) is 21.1. The van der Waals surface area contributed by atoms with E-state index in [1.807, 2.05) is 19.2 Å². The van der Waals surface area contributed by atoms with Crippen LogP contribution in [-0.2, 0) is 0 Å². The molecule has 0 amide bonds. The lowest BCUT2D eigenvalue weighted by Gasteiger charge is -2.23. The first-order chi connectivity index (χ1) is 9.22. The second-order valence-electron chi connectivity index (χ2n) is 5.12. The Morgan fingerprint density at radius 3 is 2.79 bits per heavy atom. The molecule has 1 nitrogen and oxygen atoms in total. The Labute approximate surface area is 129 Å². The van der Waals surface area contributed by atoms with E-state index in [1.165, 1.54) is 49.7 Å². The molecule has 104 valence electrons. The molecule has 0 fully saturated rings. The fourth-order valence-electron chi connectivity index (χ4n) is 2.76. The first-order valence-corrected chi connectivity index (χ1v) is 8.20. The van der Waals surface area contributed by atoms with Gasteiger partial charge in [0.05, 0.1) is 6.04 Å². The van der Waals surface area contributed by atoms with Crippen molar-refractivity contribution in [2.75, 3.05) is 7.05 Å². The van der Waals surface area contributed by atoms with Crippen LogP contribution in [0.1, 0.15) is 50.1 Å². The third kappa shape index (κ3) is 4.08. The summed E-state index contributed by atoms with van der Waals surface area (Å²) in [6.07, 6.45) is 10.1. The Kier molecular flexibility index (Phi) is 5.93. The van der Waals surface area contributed by atoms with E-state index >= 15 is 0 Å². The second kappa shape index (κ2) is 7.47. The fraction of sp³-hybridized carbons (Fsp3) is 0.500. The van der Waals surface area contributed by atoms with Gasteiger partial charge >= 0.3 is 0 Å². The van der Waals surface area contributed by atoms with Gasteiger partial charge in [0, 0.05) is 9.50 Å². The molecular formula is C16H21BrClN. The zero-order valence-electron chi connectivity index (χ0n) is 11.4. The van der Waals surface area contributed by atoms with Gasteiger partial charge in [-0.3, -0.25) is 0 Å². The molecule has 0 bridgehead atoms. The van der Waals surface area contributed by atoms with Gasteiger partial charge in [-0.2, -0.15) is 0 Å². The minimum Gasteiger partial charge on any atom is -0.310 e. The number of allylic oxidation sites excluding steroid dienone is 1. The predicted octanol–water partition coefficient (Wildman–Crippen LogP) is 5.64. The molecule has 3 heteroatoms. The molecule has 1 atom stereocenters. The smallest absolute Gasteiger partial charge is 0.0545 e. The van der Waals surface area contributed by atoms with Crippen molar-refractivity contribution in [1.29, 1.82) is 0 Å². The van der Waals surface area contributed by atoms with Gasteiger partial charge in [-0.1, -0.05) is 52.0 Å². The highest BCUT2D eigenvalue weighted by atomic mass is 79.9. The molecule has 0 spiro atoms. The quantitative estimate of drug-likeness (QED) is 0.700. The summed E-state index contributed by atoms with van der Waals surface area (Å²) < 4.78 is 1.12. The number of rotatable bonds is 3. The number of hydrogen-bond donors (Lipinski definition) is 1.